The first-order valence-corrected chi connectivity index (χ1v) is 6.57. The van der Waals surface area contributed by atoms with Crippen LogP contribution in [0.1, 0.15) is 6.42 Å². The molecule has 15 heavy (non-hydrogen) atoms. The van der Waals surface area contributed by atoms with Gasteiger partial charge in [-0.2, -0.15) is 0 Å². The summed E-state index contributed by atoms with van der Waals surface area (Å²) in [7, 11) is 0. The average Bonchev–Trinajstić information content (AvgIpc) is 2.50. The molecule has 2 N–H and O–H groups in total. The van der Waals surface area contributed by atoms with Gasteiger partial charge in [0.15, 0.2) is 0 Å². The number of hydrogen-bond donors (Lipinski definition) is 1. The summed E-state index contributed by atoms with van der Waals surface area (Å²) >= 11 is 5.67. The number of nitrogens with zero attached hydrogens (tertiary/aromatic N) is 1. The highest BCUT2D eigenvalue weighted by Gasteiger charge is 2.29. The van der Waals surface area contributed by atoms with Crippen LogP contribution in [-0.2, 0) is 4.79 Å². The highest BCUT2D eigenvalue weighted by molar-refractivity contribution is 14.1. The molecule has 1 aliphatic heterocycles. The Labute approximate surface area is 110 Å². The Morgan fingerprint density at radius 1 is 1.53 bits per heavy atom. The van der Waals surface area contributed by atoms with Gasteiger partial charge in [-0.25, -0.2) is 0 Å². The third-order valence-corrected chi connectivity index (χ3v) is 3.65. The van der Waals surface area contributed by atoms with Crippen LogP contribution in [0.2, 0.25) is 0 Å². The van der Waals surface area contributed by atoms with Gasteiger partial charge in [0.2, 0.25) is 5.91 Å². The number of carbonyl (C=O) groups excluding carboxylic acids is 1. The van der Waals surface area contributed by atoms with Gasteiger partial charge in [-0.3, -0.25) is 4.79 Å². The van der Waals surface area contributed by atoms with Crippen molar-refractivity contribution < 1.29 is 4.79 Å². The van der Waals surface area contributed by atoms with Crippen molar-refractivity contribution in [2.75, 3.05) is 17.2 Å². The Morgan fingerprint density at radius 2 is 2.27 bits per heavy atom. The second-order valence-electron chi connectivity index (χ2n) is 3.51. The normalized spacial score (nSPS) is 21.1. The molecule has 1 aromatic carbocycles. The molecule has 1 fully saturated rings. The Balaban J connectivity index is 2.37. The number of nitrogen functional groups attached to an aromatic ring is 1. The first kappa shape index (κ1) is 11.2. The van der Waals surface area contributed by atoms with Crippen LogP contribution in [0.4, 0.5) is 11.4 Å². The smallest absolute Gasteiger partial charge is 0.228 e. The lowest BCUT2D eigenvalue weighted by molar-refractivity contribution is -0.117. The fourth-order valence-electron chi connectivity index (χ4n) is 1.65. The van der Waals surface area contributed by atoms with Crippen molar-refractivity contribution in [1.82, 2.24) is 0 Å². The van der Waals surface area contributed by atoms with Gasteiger partial charge in [0.25, 0.3) is 0 Å². The zero-order valence-electron chi connectivity index (χ0n) is 7.91. The van der Waals surface area contributed by atoms with Gasteiger partial charge >= 0.3 is 0 Å². The molecule has 80 valence electrons. The standard InChI is InChI=1S/C10H10BrIN2O/c11-6-3-10(15)14(5-6)9-4-7(12)1-2-8(9)13/h1-2,4,6H,3,5,13H2. The summed E-state index contributed by atoms with van der Waals surface area (Å²) in [4.78, 5) is 13.7. The summed E-state index contributed by atoms with van der Waals surface area (Å²) in [5, 5.41) is 0. The topological polar surface area (TPSA) is 46.3 Å². The van der Waals surface area contributed by atoms with E-state index in [-0.39, 0.29) is 10.7 Å². The van der Waals surface area contributed by atoms with Gasteiger partial charge in [0.1, 0.15) is 0 Å². The molecule has 3 nitrogen and oxygen atoms in total. The number of carbonyl (C=O) groups is 1. The minimum absolute atomic E-state index is 0.130. The first-order valence-electron chi connectivity index (χ1n) is 4.57. The van der Waals surface area contributed by atoms with Crippen molar-refractivity contribution in [1.29, 1.82) is 0 Å². The van der Waals surface area contributed by atoms with Crippen LogP contribution in [0.3, 0.4) is 0 Å². The lowest BCUT2D eigenvalue weighted by atomic mass is 10.2. The number of anilines is 2. The number of benzene rings is 1. The summed E-state index contributed by atoms with van der Waals surface area (Å²) in [6.45, 7) is 0.698. The molecule has 1 aromatic rings. The molecule has 0 spiro atoms. The lowest BCUT2D eigenvalue weighted by Crippen LogP contribution is -2.25. The van der Waals surface area contributed by atoms with Crippen LogP contribution < -0.4 is 10.6 Å². The Morgan fingerprint density at radius 3 is 2.87 bits per heavy atom. The van der Waals surface area contributed by atoms with Crippen LogP contribution in [0.15, 0.2) is 18.2 Å². The van der Waals surface area contributed by atoms with Gasteiger partial charge in [-0.05, 0) is 40.8 Å². The molecule has 1 saturated heterocycles. The zero-order chi connectivity index (χ0) is 11.0. The summed E-state index contributed by atoms with van der Waals surface area (Å²) in [5.41, 5.74) is 7.35. The summed E-state index contributed by atoms with van der Waals surface area (Å²) < 4.78 is 1.09. The zero-order valence-corrected chi connectivity index (χ0v) is 11.7. The van der Waals surface area contributed by atoms with Crippen molar-refractivity contribution in [2.45, 2.75) is 11.2 Å². The van der Waals surface area contributed by atoms with Crippen molar-refractivity contribution in [3.05, 3.63) is 21.8 Å². The maximum atomic E-state index is 11.7. The fourth-order valence-corrected chi connectivity index (χ4v) is 2.69. The van der Waals surface area contributed by atoms with E-state index in [0.717, 1.165) is 9.26 Å². The van der Waals surface area contributed by atoms with E-state index in [4.69, 9.17) is 5.73 Å². The lowest BCUT2D eigenvalue weighted by Gasteiger charge is -2.18. The molecule has 0 aromatic heterocycles. The molecule has 2 rings (SSSR count). The molecule has 0 radical (unpaired) electrons. The molecule has 1 atom stereocenters. The van der Waals surface area contributed by atoms with Gasteiger partial charge in [0.05, 0.1) is 11.4 Å². The molecule has 5 heteroatoms. The fraction of sp³-hybridized carbons (Fsp3) is 0.300. The maximum absolute atomic E-state index is 11.7. The summed E-state index contributed by atoms with van der Waals surface area (Å²) in [5.74, 6) is 0.130. The highest BCUT2D eigenvalue weighted by atomic mass is 127. The number of halogens is 2. The Bertz CT molecular complexity index is 410. The van der Waals surface area contributed by atoms with Gasteiger partial charge in [-0.15, -0.1) is 0 Å². The Kier molecular flexibility index (Phi) is 3.20. The number of nitrogens with two attached hydrogens (primary N) is 1. The minimum Gasteiger partial charge on any atom is -0.397 e. The van der Waals surface area contributed by atoms with Crippen LogP contribution in [0, 0.1) is 3.57 Å². The molecule has 0 aliphatic carbocycles. The summed E-state index contributed by atoms with van der Waals surface area (Å²) in [6.07, 6.45) is 0.547. The second kappa shape index (κ2) is 4.29. The molecule has 1 amide bonds. The second-order valence-corrected chi connectivity index (χ2v) is 6.05. The van der Waals surface area contributed by atoms with Crippen LogP contribution in [0.5, 0.6) is 0 Å². The number of rotatable bonds is 1. The Hall–Kier alpha value is -0.300. The molecule has 0 bridgehead atoms. The third kappa shape index (κ3) is 2.28. The van der Waals surface area contributed by atoms with E-state index in [0.29, 0.717) is 18.7 Å². The van der Waals surface area contributed by atoms with E-state index < -0.39 is 0 Å². The van der Waals surface area contributed by atoms with E-state index in [1.54, 1.807) is 4.90 Å². The van der Waals surface area contributed by atoms with E-state index in [1.807, 2.05) is 18.2 Å². The van der Waals surface area contributed by atoms with Crippen molar-refractivity contribution in [3.8, 4) is 0 Å². The monoisotopic (exact) mass is 380 g/mol. The highest BCUT2D eigenvalue weighted by Crippen LogP contribution is 2.30. The van der Waals surface area contributed by atoms with Crippen molar-refractivity contribution in [2.24, 2.45) is 0 Å². The molecule has 1 aliphatic rings. The molecule has 0 saturated carbocycles. The number of alkyl halides is 1. The van der Waals surface area contributed by atoms with Crippen molar-refractivity contribution in [3.63, 3.8) is 0 Å². The average molecular weight is 381 g/mol. The largest absolute Gasteiger partial charge is 0.397 e. The van der Waals surface area contributed by atoms with E-state index in [9.17, 15) is 4.79 Å². The summed E-state index contributed by atoms with van der Waals surface area (Å²) in [6, 6.07) is 5.72. The van der Waals surface area contributed by atoms with Gasteiger partial charge in [0, 0.05) is 21.4 Å². The molecule has 1 heterocycles. The van der Waals surface area contributed by atoms with E-state index in [1.165, 1.54) is 0 Å². The first-order chi connectivity index (χ1) is 7.08. The number of hydrogen-bond acceptors (Lipinski definition) is 2. The molecular weight excluding hydrogens is 371 g/mol. The molecular formula is C10H10BrIN2O. The van der Waals surface area contributed by atoms with Crippen LogP contribution in [-0.4, -0.2) is 17.3 Å². The quantitative estimate of drug-likeness (QED) is 0.462. The van der Waals surface area contributed by atoms with Gasteiger partial charge in [-0.1, -0.05) is 15.9 Å². The van der Waals surface area contributed by atoms with E-state index >= 15 is 0 Å². The molecule has 1 unspecified atom stereocenters. The third-order valence-electron chi connectivity index (χ3n) is 2.36. The SMILES string of the molecule is Nc1ccc(I)cc1N1CC(Br)CC1=O. The van der Waals surface area contributed by atoms with Crippen molar-refractivity contribution >= 4 is 55.8 Å². The van der Waals surface area contributed by atoms with Crippen LogP contribution >= 0.6 is 38.5 Å². The van der Waals surface area contributed by atoms with Gasteiger partial charge < -0.3 is 10.6 Å². The van der Waals surface area contributed by atoms with E-state index in [2.05, 4.69) is 38.5 Å². The van der Waals surface area contributed by atoms with Crippen LogP contribution in [0.25, 0.3) is 0 Å². The minimum atomic E-state index is 0.130. The maximum Gasteiger partial charge on any atom is 0.228 e. The predicted octanol–water partition coefficient (Wildman–Crippen LogP) is 2.37. The predicted molar refractivity (Wildman–Crippen MR) is 73.3 cm³/mol. The number of amides is 1.